The van der Waals surface area contributed by atoms with Crippen LogP contribution in [0.4, 0.5) is 17.3 Å². The molecule has 7 heteroatoms. The fourth-order valence-corrected chi connectivity index (χ4v) is 2.65. The zero-order valence-electron chi connectivity index (χ0n) is 12.9. The SMILES string of the molecule is CCNc1cc([N+](=O)[O-])cc(N2CCC(N(C)C)CC2)n1. The summed E-state index contributed by atoms with van der Waals surface area (Å²) in [5.41, 5.74) is 0.0886. The Morgan fingerprint density at radius 3 is 2.62 bits per heavy atom. The number of pyridine rings is 1. The van der Waals surface area contributed by atoms with Crippen LogP contribution < -0.4 is 10.2 Å². The van der Waals surface area contributed by atoms with Gasteiger partial charge < -0.3 is 15.1 Å². The van der Waals surface area contributed by atoms with Gasteiger partial charge in [0.15, 0.2) is 0 Å². The number of piperidine rings is 1. The standard InChI is InChI=1S/C14H23N5O2/c1-4-15-13-9-12(19(20)21)10-14(16-13)18-7-5-11(6-8-18)17(2)3/h9-11H,4-8H2,1-3H3,(H,15,16). The zero-order chi connectivity index (χ0) is 15.4. The molecule has 1 aromatic rings. The first-order valence-corrected chi connectivity index (χ1v) is 7.33. The van der Waals surface area contributed by atoms with Crippen molar-refractivity contribution in [2.45, 2.75) is 25.8 Å². The lowest BCUT2D eigenvalue weighted by molar-refractivity contribution is -0.384. The van der Waals surface area contributed by atoms with E-state index < -0.39 is 0 Å². The van der Waals surface area contributed by atoms with Gasteiger partial charge in [0.05, 0.1) is 17.1 Å². The molecule has 0 aromatic carbocycles. The highest BCUT2D eigenvalue weighted by atomic mass is 16.6. The number of nitrogens with one attached hydrogen (secondary N) is 1. The minimum atomic E-state index is -0.363. The van der Waals surface area contributed by atoms with Crippen LogP contribution in [-0.4, -0.2) is 54.6 Å². The van der Waals surface area contributed by atoms with Gasteiger partial charge in [0.25, 0.3) is 5.69 Å². The van der Waals surface area contributed by atoms with Crippen molar-refractivity contribution in [3.8, 4) is 0 Å². The smallest absolute Gasteiger partial charge is 0.276 e. The van der Waals surface area contributed by atoms with E-state index in [1.165, 1.54) is 6.07 Å². The molecule has 1 fully saturated rings. The quantitative estimate of drug-likeness (QED) is 0.660. The molecule has 0 saturated carbocycles. The third kappa shape index (κ3) is 3.81. The van der Waals surface area contributed by atoms with Gasteiger partial charge in [-0.05, 0) is 33.9 Å². The van der Waals surface area contributed by atoms with Crippen molar-refractivity contribution >= 4 is 17.3 Å². The third-order valence-corrected chi connectivity index (χ3v) is 3.88. The van der Waals surface area contributed by atoms with E-state index in [9.17, 15) is 10.1 Å². The summed E-state index contributed by atoms with van der Waals surface area (Å²) in [4.78, 5) is 19.6. The van der Waals surface area contributed by atoms with Gasteiger partial charge in [-0.25, -0.2) is 4.98 Å². The lowest BCUT2D eigenvalue weighted by Gasteiger charge is -2.35. The average molecular weight is 293 g/mol. The normalized spacial score (nSPS) is 16.3. The number of nitrogens with zero attached hydrogens (tertiary/aromatic N) is 4. The minimum Gasteiger partial charge on any atom is -0.370 e. The van der Waals surface area contributed by atoms with Gasteiger partial charge in [-0.2, -0.15) is 0 Å². The second-order valence-corrected chi connectivity index (χ2v) is 5.54. The summed E-state index contributed by atoms with van der Waals surface area (Å²) in [6, 6.07) is 3.63. The van der Waals surface area contributed by atoms with Crippen molar-refractivity contribution in [1.29, 1.82) is 0 Å². The van der Waals surface area contributed by atoms with E-state index in [2.05, 4.69) is 34.2 Å². The van der Waals surface area contributed by atoms with Gasteiger partial charge in [0.2, 0.25) is 0 Å². The number of aromatic nitrogens is 1. The molecule has 0 radical (unpaired) electrons. The first-order valence-electron chi connectivity index (χ1n) is 7.33. The maximum absolute atomic E-state index is 11.1. The summed E-state index contributed by atoms with van der Waals surface area (Å²) < 4.78 is 0. The fourth-order valence-electron chi connectivity index (χ4n) is 2.65. The number of hydrogen-bond donors (Lipinski definition) is 1. The number of hydrogen-bond acceptors (Lipinski definition) is 6. The summed E-state index contributed by atoms with van der Waals surface area (Å²) in [7, 11) is 4.18. The van der Waals surface area contributed by atoms with E-state index in [4.69, 9.17) is 0 Å². The molecule has 21 heavy (non-hydrogen) atoms. The van der Waals surface area contributed by atoms with Gasteiger partial charge in [-0.3, -0.25) is 10.1 Å². The van der Waals surface area contributed by atoms with Crippen LogP contribution in [0.1, 0.15) is 19.8 Å². The molecule has 1 N–H and O–H groups in total. The lowest BCUT2D eigenvalue weighted by atomic mass is 10.0. The highest BCUT2D eigenvalue weighted by Gasteiger charge is 2.23. The largest absolute Gasteiger partial charge is 0.370 e. The maximum atomic E-state index is 11.1. The molecule has 0 amide bonds. The van der Waals surface area contributed by atoms with Crippen molar-refractivity contribution in [1.82, 2.24) is 9.88 Å². The van der Waals surface area contributed by atoms with E-state index in [1.54, 1.807) is 6.07 Å². The summed E-state index contributed by atoms with van der Waals surface area (Å²) in [6.45, 7) is 4.39. The van der Waals surface area contributed by atoms with Crippen molar-refractivity contribution in [3.63, 3.8) is 0 Å². The summed E-state index contributed by atoms with van der Waals surface area (Å²) in [5.74, 6) is 1.26. The van der Waals surface area contributed by atoms with Crippen LogP contribution in [0.2, 0.25) is 0 Å². The number of nitro groups is 1. The topological polar surface area (TPSA) is 74.5 Å². The van der Waals surface area contributed by atoms with Gasteiger partial charge in [0, 0.05) is 25.7 Å². The first-order chi connectivity index (χ1) is 10.0. The highest BCUT2D eigenvalue weighted by molar-refractivity contribution is 5.56. The summed E-state index contributed by atoms with van der Waals surface area (Å²) >= 11 is 0. The van der Waals surface area contributed by atoms with Crippen molar-refractivity contribution in [2.24, 2.45) is 0 Å². The van der Waals surface area contributed by atoms with Crippen LogP contribution in [0.15, 0.2) is 12.1 Å². The molecule has 116 valence electrons. The van der Waals surface area contributed by atoms with E-state index in [1.807, 2.05) is 6.92 Å². The van der Waals surface area contributed by atoms with Crippen LogP contribution in [0.5, 0.6) is 0 Å². The molecule has 1 aliphatic rings. The van der Waals surface area contributed by atoms with Gasteiger partial charge in [0.1, 0.15) is 11.6 Å². The summed E-state index contributed by atoms with van der Waals surface area (Å²) in [6.07, 6.45) is 2.10. The molecule has 2 heterocycles. The molecular weight excluding hydrogens is 270 g/mol. The molecule has 0 atom stereocenters. The maximum Gasteiger partial charge on any atom is 0.276 e. The molecule has 1 aliphatic heterocycles. The van der Waals surface area contributed by atoms with Crippen LogP contribution in [-0.2, 0) is 0 Å². The molecular formula is C14H23N5O2. The van der Waals surface area contributed by atoms with E-state index in [0.717, 1.165) is 25.9 Å². The monoisotopic (exact) mass is 293 g/mol. The Kier molecular flexibility index (Phi) is 4.95. The molecule has 2 rings (SSSR count). The van der Waals surface area contributed by atoms with Crippen LogP contribution in [0.25, 0.3) is 0 Å². The van der Waals surface area contributed by atoms with Crippen molar-refractivity contribution < 1.29 is 4.92 Å². The predicted octanol–water partition coefficient (Wildman–Crippen LogP) is 1.95. The Balaban J connectivity index is 2.17. The Labute approximate surface area is 125 Å². The fraction of sp³-hybridized carbons (Fsp3) is 0.643. The Hall–Kier alpha value is -1.89. The van der Waals surface area contributed by atoms with Crippen molar-refractivity contribution in [2.75, 3.05) is 43.9 Å². The van der Waals surface area contributed by atoms with E-state index >= 15 is 0 Å². The third-order valence-electron chi connectivity index (χ3n) is 3.88. The van der Waals surface area contributed by atoms with E-state index in [0.29, 0.717) is 24.2 Å². The second kappa shape index (κ2) is 6.71. The predicted molar refractivity (Wildman–Crippen MR) is 84.0 cm³/mol. The molecule has 1 saturated heterocycles. The Morgan fingerprint density at radius 2 is 2.10 bits per heavy atom. The second-order valence-electron chi connectivity index (χ2n) is 5.54. The van der Waals surface area contributed by atoms with Gasteiger partial charge in [-0.1, -0.05) is 0 Å². The minimum absolute atomic E-state index is 0.0886. The lowest BCUT2D eigenvalue weighted by Crippen LogP contribution is -2.42. The molecule has 0 aliphatic carbocycles. The Morgan fingerprint density at radius 1 is 1.43 bits per heavy atom. The number of anilines is 2. The van der Waals surface area contributed by atoms with Gasteiger partial charge in [-0.15, -0.1) is 0 Å². The first kappa shape index (κ1) is 15.5. The number of rotatable bonds is 5. The summed E-state index contributed by atoms with van der Waals surface area (Å²) in [5, 5.41) is 14.1. The highest BCUT2D eigenvalue weighted by Crippen LogP contribution is 2.26. The van der Waals surface area contributed by atoms with Crippen LogP contribution in [0, 0.1) is 10.1 Å². The van der Waals surface area contributed by atoms with E-state index in [-0.39, 0.29) is 10.6 Å². The molecule has 0 bridgehead atoms. The zero-order valence-corrected chi connectivity index (χ0v) is 12.9. The average Bonchev–Trinajstić information content (AvgIpc) is 2.47. The molecule has 0 spiro atoms. The van der Waals surface area contributed by atoms with Crippen LogP contribution >= 0.6 is 0 Å². The molecule has 7 nitrogen and oxygen atoms in total. The Bertz CT molecular complexity index is 498. The molecule has 0 unspecified atom stereocenters. The van der Waals surface area contributed by atoms with Gasteiger partial charge >= 0.3 is 0 Å². The van der Waals surface area contributed by atoms with Crippen LogP contribution in [0.3, 0.4) is 0 Å². The molecule has 1 aromatic heterocycles. The van der Waals surface area contributed by atoms with Crippen molar-refractivity contribution in [3.05, 3.63) is 22.2 Å².